The molecule has 7 atom stereocenters. The zero-order valence-corrected chi connectivity index (χ0v) is 21.7. The van der Waals surface area contributed by atoms with E-state index in [2.05, 4.69) is 31.2 Å². The van der Waals surface area contributed by atoms with E-state index in [-0.39, 0.29) is 24.2 Å². The summed E-state index contributed by atoms with van der Waals surface area (Å²) < 4.78 is 33.9. The third kappa shape index (κ3) is 4.62. The topological polar surface area (TPSA) is 69.9 Å². The molecule has 4 nitrogen and oxygen atoms in total. The molecule has 2 aliphatic carbocycles. The molecule has 3 aliphatic rings. The first kappa shape index (κ1) is 26.1. The molecule has 0 bridgehead atoms. The predicted octanol–water partition coefficient (Wildman–Crippen LogP) is 5.15. The van der Waals surface area contributed by atoms with E-state index in [0.29, 0.717) is 12.8 Å². The van der Waals surface area contributed by atoms with Gasteiger partial charge < -0.3 is 20.1 Å². The van der Waals surface area contributed by atoms with E-state index < -0.39 is 35.8 Å². The number of hydrogen-bond donors (Lipinski definition) is 3. The fourth-order valence-corrected chi connectivity index (χ4v) is 7.21. The molecule has 0 aromatic heterocycles. The van der Waals surface area contributed by atoms with Crippen LogP contribution in [-0.4, -0.2) is 51.2 Å². The fraction of sp³-hybridized carbons (Fsp3) is 0.586. The molecule has 0 spiro atoms. The lowest BCUT2D eigenvalue weighted by atomic mass is 9.50. The Kier molecular flexibility index (Phi) is 7.25. The van der Waals surface area contributed by atoms with Crippen LogP contribution in [0.15, 0.2) is 42.5 Å². The highest BCUT2D eigenvalue weighted by molar-refractivity contribution is 7.99. The smallest absolute Gasteiger partial charge is 0.248 e. The maximum Gasteiger partial charge on any atom is 0.248 e. The van der Waals surface area contributed by atoms with E-state index in [1.54, 1.807) is 6.26 Å². The van der Waals surface area contributed by atoms with E-state index in [0.717, 1.165) is 36.0 Å². The molecule has 3 N–H and O–H groups in total. The first-order valence-electron chi connectivity index (χ1n) is 13.0. The van der Waals surface area contributed by atoms with Gasteiger partial charge in [-0.25, -0.2) is 8.78 Å². The maximum absolute atomic E-state index is 13.9. The van der Waals surface area contributed by atoms with E-state index in [9.17, 15) is 24.1 Å². The van der Waals surface area contributed by atoms with Gasteiger partial charge in [0.2, 0.25) is 5.92 Å². The van der Waals surface area contributed by atoms with E-state index in [4.69, 9.17) is 4.74 Å². The van der Waals surface area contributed by atoms with E-state index in [1.165, 1.54) is 22.9 Å². The van der Waals surface area contributed by atoms with Crippen molar-refractivity contribution in [3.05, 3.63) is 70.3 Å². The molecule has 5 rings (SSSR count). The summed E-state index contributed by atoms with van der Waals surface area (Å²) in [4.78, 5) is 0. The van der Waals surface area contributed by atoms with Gasteiger partial charge in [-0.15, -0.1) is 11.8 Å². The van der Waals surface area contributed by atoms with Crippen molar-refractivity contribution in [2.75, 3.05) is 6.26 Å². The molecule has 1 aliphatic heterocycles. The second-order valence-electron chi connectivity index (χ2n) is 10.8. The van der Waals surface area contributed by atoms with Gasteiger partial charge >= 0.3 is 0 Å². The van der Waals surface area contributed by atoms with E-state index >= 15 is 0 Å². The average molecular weight is 519 g/mol. The van der Waals surface area contributed by atoms with Gasteiger partial charge in [0.15, 0.2) is 0 Å². The Bertz CT molecular complexity index is 1080. The summed E-state index contributed by atoms with van der Waals surface area (Å²) in [6.45, 7) is 2.10. The van der Waals surface area contributed by atoms with Crippen LogP contribution in [-0.2, 0) is 23.0 Å². The highest BCUT2D eigenvalue weighted by Gasteiger charge is 2.55. The van der Waals surface area contributed by atoms with Crippen molar-refractivity contribution in [3.63, 3.8) is 0 Å². The van der Waals surface area contributed by atoms with Crippen molar-refractivity contribution < 1.29 is 28.8 Å². The second kappa shape index (κ2) is 9.99. The second-order valence-corrected chi connectivity index (χ2v) is 11.8. The van der Waals surface area contributed by atoms with Crippen molar-refractivity contribution in [1.82, 2.24) is 0 Å². The van der Waals surface area contributed by atoms with Crippen molar-refractivity contribution in [2.45, 2.75) is 93.1 Å². The van der Waals surface area contributed by atoms with Crippen molar-refractivity contribution >= 4 is 11.8 Å². The number of rotatable bonds is 6. The highest BCUT2D eigenvalue weighted by atomic mass is 32.2. The number of halogens is 2. The van der Waals surface area contributed by atoms with Gasteiger partial charge in [-0.1, -0.05) is 49.4 Å². The molecule has 1 unspecified atom stereocenters. The number of aliphatic hydroxyl groups excluding tert-OH is 3. The molecular formula is C29H36F2O4S. The molecule has 196 valence electrons. The van der Waals surface area contributed by atoms with Crippen molar-refractivity contribution in [1.29, 1.82) is 0 Å². The lowest BCUT2D eigenvalue weighted by molar-refractivity contribution is -0.200. The number of benzene rings is 2. The molecule has 2 saturated carbocycles. The summed E-state index contributed by atoms with van der Waals surface area (Å²) in [5.74, 6) is -2.44. The first-order chi connectivity index (χ1) is 17.2. The third-order valence-electron chi connectivity index (χ3n) is 8.87. The molecule has 1 heterocycles. The minimum atomic E-state index is -2.52. The van der Waals surface area contributed by atoms with Gasteiger partial charge in [0.25, 0.3) is 0 Å². The number of aryl methyl sites for hydroxylation is 1. The Morgan fingerprint density at radius 3 is 2.31 bits per heavy atom. The zero-order chi connectivity index (χ0) is 25.7. The van der Waals surface area contributed by atoms with Gasteiger partial charge in [0.05, 0.1) is 0 Å². The summed E-state index contributed by atoms with van der Waals surface area (Å²) in [6.07, 6.45) is 1.42. The Labute approximate surface area is 216 Å². The Hall–Kier alpha value is -1.51. The lowest BCUT2D eigenvalue weighted by Crippen LogP contribution is -2.52. The van der Waals surface area contributed by atoms with Crippen LogP contribution in [0.1, 0.15) is 72.9 Å². The Balaban J connectivity index is 1.36. The molecule has 3 fully saturated rings. The lowest BCUT2D eigenvalue weighted by Gasteiger charge is -2.55. The van der Waals surface area contributed by atoms with Crippen LogP contribution in [0, 0.1) is 5.92 Å². The average Bonchev–Trinajstić information content (AvgIpc) is 2.86. The molecule has 1 saturated heterocycles. The third-order valence-corrected chi connectivity index (χ3v) is 9.72. The number of fused-ring (bicyclic) bond motifs is 1. The highest BCUT2D eigenvalue weighted by Crippen LogP contribution is 2.59. The molecule has 7 heteroatoms. The van der Waals surface area contributed by atoms with Crippen LogP contribution in [0.3, 0.4) is 0 Å². The number of alkyl halides is 2. The van der Waals surface area contributed by atoms with Crippen LogP contribution in [0.2, 0.25) is 0 Å². The normalized spacial score (nSPS) is 35.6. The summed E-state index contributed by atoms with van der Waals surface area (Å²) in [6, 6.07) is 14.5. The monoisotopic (exact) mass is 518 g/mol. The number of aliphatic hydroxyl groups is 3. The van der Waals surface area contributed by atoms with Crippen LogP contribution in [0.25, 0.3) is 0 Å². The Morgan fingerprint density at radius 2 is 1.69 bits per heavy atom. The molecule has 2 aromatic rings. The van der Waals surface area contributed by atoms with Crippen LogP contribution >= 0.6 is 11.8 Å². The molecule has 36 heavy (non-hydrogen) atoms. The predicted molar refractivity (Wildman–Crippen MR) is 137 cm³/mol. The van der Waals surface area contributed by atoms with Gasteiger partial charge in [0.1, 0.15) is 29.9 Å². The number of thioether (sulfide) groups is 1. The van der Waals surface area contributed by atoms with Crippen molar-refractivity contribution in [2.24, 2.45) is 5.92 Å². The minimum Gasteiger partial charge on any atom is -0.387 e. The number of hydrogen-bond acceptors (Lipinski definition) is 5. The molecule has 2 aromatic carbocycles. The minimum absolute atomic E-state index is 0.0135. The fourth-order valence-electron chi connectivity index (χ4n) is 6.54. The van der Waals surface area contributed by atoms with E-state index in [1.807, 2.05) is 18.2 Å². The number of ether oxygens (including phenoxy) is 1. The van der Waals surface area contributed by atoms with Crippen LogP contribution in [0.4, 0.5) is 8.78 Å². The first-order valence-corrected chi connectivity index (χ1v) is 14.3. The van der Waals surface area contributed by atoms with Gasteiger partial charge in [-0.05, 0) is 77.5 Å². The van der Waals surface area contributed by atoms with Gasteiger partial charge in [-0.2, -0.15) is 0 Å². The van der Waals surface area contributed by atoms with Crippen LogP contribution in [0.5, 0.6) is 0 Å². The van der Waals surface area contributed by atoms with Crippen LogP contribution < -0.4 is 0 Å². The molecule has 0 radical (unpaired) electrons. The Morgan fingerprint density at radius 1 is 0.944 bits per heavy atom. The quantitative estimate of drug-likeness (QED) is 0.494. The molecular weight excluding hydrogens is 482 g/mol. The maximum atomic E-state index is 13.9. The summed E-state index contributed by atoms with van der Waals surface area (Å²) >= 11 is 1.30. The summed E-state index contributed by atoms with van der Waals surface area (Å²) in [5, 5.41) is 31.2. The van der Waals surface area contributed by atoms with Gasteiger partial charge in [-0.3, -0.25) is 0 Å². The molecule has 0 amide bonds. The standard InChI is InChI=1S/C29H36F2O4S/c1-3-18-6-7-19(26-24(33)23(32)25(34)27(35-26)36-2)15-20(18)14-17-4-8-21(9-5-17)28-11-10-22(28)16-29(30,31)13-12-28/h4-9,15,22-27,32-34H,3,10-14,16H2,1-2H3/t22-,23-,24-,25+,26?,27-,28+/m1/s1. The van der Waals surface area contributed by atoms with Crippen molar-refractivity contribution in [3.8, 4) is 0 Å². The zero-order valence-electron chi connectivity index (χ0n) is 20.9. The summed E-state index contributed by atoms with van der Waals surface area (Å²) in [7, 11) is 0. The SMILES string of the molecule is CCc1ccc(C2O[C@H](SC)[C@@H](O)[C@H](O)[C@H]2O)cc1Cc1ccc([C@@]23CC[C@@H]2CC(F)(F)CC3)cc1. The largest absolute Gasteiger partial charge is 0.387 e. The summed E-state index contributed by atoms with van der Waals surface area (Å²) in [5.41, 5.74) is 4.72. The van der Waals surface area contributed by atoms with Gasteiger partial charge in [0, 0.05) is 12.8 Å².